The summed E-state index contributed by atoms with van der Waals surface area (Å²) in [6, 6.07) is 1.39. The number of methoxy groups -OCH3 is 1. The molecule has 1 N–H and O–H groups in total. The summed E-state index contributed by atoms with van der Waals surface area (Å²) in [6.45, 7) is 1.46. The first-order chi connectivity index (χ1) is 12.8. The molecule has 154 valence electrons. The second kappa shape index (κ2) is 8.95. The number of benzene rings is 1. The van der Waals surface area contributed by atoms with Gasteiger partial charge in [0.1, 0.15) is 6.04 Å². The molecule has 2 atom stereocenters. The van der Waals surface area contributed by atoms with Crippen LogP contribution in [0.4, 0.5) is 26.3 Å². The number of nitrogens with zero attached hydrogens (tertiary/aromatic N) is 1. The number of carbonyl (C=O) groups excluding carboxylic acids is 2. The highest BCUT2D eigenvalue weighted by Gasteiger charge is 2.37. The second-order valence-corrected chi connectivity index (χ2v) is 6.00. The molecule has 0 aromatic heterocycles. The molecular formula is C17H16F6N2O3. The minimum absolute atomic E-state index is 0.0484. The van der Waals surface area contributed by atoms with Crippen LogP contribution < -0.4 is 5.32 Å². The topological polar surface area (TPSA) is 79.2 Å². The van der Waals surface area contributed by atoms with Crippen molar-refractivity contribution in [3.05, 3.63) is 34.9 Å². The summed E-state index contributed by atoms with van der Waals surface area (Å²) in [4.78, 5) is 23.7. The molecule has 28 heavy (non-hydrogen) atoms. The summed E-state index contributed by atoms with van der Waals surface area (Å²) in [5.74, 6) is -2.54. The molecular weight excluding hydrogens is 394 g/mol. The fourth-order valence-electron chi connectivity index (χ4n) is 2.31. The lowest BCUT2D eigenvalue weighted by Gasteiger charge is -2.18. The number of nitrogens with one attached hydrogen (secondary N) is 1. The third kappa shape index (κ3) is 6.75. The van der Waals surface area contributed by atoms with Crippen LogP contribution in [0.1, 0.15) is 30.0 Å². The third-order valence-corrected chi connectivity index (χ3v) is 3.64. The molecule has 1 aromatic carbocycles. The first kappa shape index (κ1) is 23.3. The van der Waals surface area contributed by atoms with Crippen LogP contribution in [0.5, 0.6) is 0 Å². The Kier molecular flexibility index (Phi) is 7.43. The first-order valence-electron chi connectivity index (χ1n) is 7.83. The van der Waals surface area contributed by atoms with Crippen molar-refractivity contribution in [3.63, 3.8) is 0 Å². The normalized spacial score (nSPS) is 14.0. The van der Waals surface area contributed by atoms with Gasteiger partial charge in [0.05, 0.1) is 30.7 Å². The zero-order valence-corrected chi connectivity index (χ0v) is 14.7. The van der Waals surface area contributed by atoms with Crippen LogP contribution in [0.2, 0.25) is 0 Å². The van der Waals surface area contributed by atoms with Crippen molar-refractivity contribution in [1.29, 1.82) is 5.26 Å². The van der Waals surface area contributed by atoms with E-state index in [9.17, 15) is 35.9 Å². The number of ether oxygens (including phenoxy) is 1. The Labute approximate surface area is 156 Å². The Bertz CT molecular complexity index is 735. The number of hydrogen-bond acceptors (Lipinski definition) is 4. The minimum Gasteiger partial charge on any atom is -0.467 e. The lowest BCUT2D eigenvalue weighted by atomic mass is 10.0. The van der Waals surface area contributed by atoms with Crippen LogP contribution in [0.25, 0.3) is 0 Å². The van der Waals surface area contributed by atoms with Gasteiger partial charge in [-0.25, -0.2) is 4.79 Å². The van der Waals surface area contributed by atoms with E-state index < -0.39 is 59.3 Å². The summed E-state index contributed by atoms with van der Waals surface area (Å²) in [5.41, 5.74) is -3.63. The van der Waals surface area contributed by atoms with Crippen LogP contribution in [0, 0.1) is 17.2 Å². The van der Waals surface area contributed by atoms with E-state index >= 15 is 0 Å². The van der Waals surface area contributed by atoms with Gasteiger partial charge < -0.3 is 10.1 Å². The van der Waals surface area contributed by atoms with Crippen molar-refractivity contribution in [2.75, 3.05) is 7.11 Å². The molecule has 0 saturated carbocycles. The maximum Gasteiger partial charge on any atom is 0.416 e. The van der Waals surface area contributed by atoms with Gasteiger partial charge in [0.15, 0.2) is 0 Å². The Morgan fingerprint density at radius 2 is 1.61 bits per heavy atom. The van der Waals surface area contributed by atoms with Crippen molar-refractivity contribution >= 4 is 11.9 Å². The number of halogens is 6. The molecule has 0 saturated heterocycles. The molecule has 0 unspecified atom stereocenters. The molecule has 5 nitrogen and oxygen atoms in total. The largest absolute Gasteiger partial charge is 0.467 e. The predicted molar refractivity (Wildman–Crippen MR) is 83.5 cm³/mol. The highest BCUT2D eigenvalue weighted by Crippen LogP contribution is 2.36. The maximum absolute atomic E-state index is 12.9. The van der Waals surface area contributed by atoms with E-state index in [1.807, 2.05) is 6.07 Å². The smallest absolute Gasteiger partial charge is 0.416 e. The lowest BCUT2D eigenvalue weighted by molar-refractivity contribution is -0.145. The van der Waals surface area contributed by atoms with Crippen LogP contribution in [-0.4, -0.2) is 25.0 Å². The van der Waals surface area contributed by atoms with E-state index in [1.165, 1.54) is 6.92 Å². The van der Waals surface area contributed by atoms with Crippen LogP contribution >= 0.6 is 0 Å². The summed E-state index contributed by atoms with van der Waals surface area (Å²) in [7, 11) is 1.03. The van der Waals surface area contributed by atoms with Gasteiger partial charge in [-0.1, -0.05) is 0 Å². The van der Waals surface area contributed by atoms with Crippen molar-refractivity contribution < 1.29 is 40.7 Å². The number of carbonyl (C=O) groups is 2. The number of rotatable bonds is 6. The molecule has 1 rings (SSSR count). The third-order valence-electron chi connectivity index (χ3n) is 3.64. The van der Waals surface area contributed by atoms with Crippen LogP contribution in [0.15, 0.2) is 18.2 Å². The van der Waals surface area contributed by atoms with Crippen LogP contribution in [-0.2, 0) is 33.1 Å². The Morgan fingerprint density at radius 3 is 2.00 bits per heavy atom. The lowest BCUT2D eigenvalue weighted by Crippen LogP contribution is -2.43. The monoisotopic (exact) mass is 410 g/mol. The fraction of sp³-hybridized carbons (Fsp3) is 0.471. The van der Waals surface area contributed by atoms with Crippen molar-refractivity contribution in [1.82, 2.24) is 5.32 Å². The predicted octanol–water partition coefficient (Wildman–Crippen LogP) is 3.47. The zero-order chi connectivity index (χ0) is 21.7. The van der Waals surface area contributed by atoms with E-state index in [0.29, 0.717) is 12.1 Å². The molecule has 0 spiro atoms. The molecule has 11 heteroatoms. The van der Waals surface area contributed by atoms with Gasteiger partial charge in [-0.05, 0) is 37.1 Å². The van der Waals surface area contributed by atoms with Gasteiger partial charge in [0, 0.05) is 5.92 Å². The summed E-state index contributed by atoms with van der Waals surface area (Å²) in [5, 5.41) is 11.0. The number of amides is 1. The van der Waals surface area contributed by atoms with Gasteiger partial charge in [-0.2, -0.15) is 31.6 Å². The number of hydrogen-bond donors (Lipinski definition) is 1. The fourth-order valence-corrected chi connectivity index (χ4v) is 2.31. The summed E-state index contributed by atoms with van der Waals surface area (Å²) >= 11 is 0. The molecule has 1 aromatic rings. The molecule has 0 radical (unpaired) electrons. The molecule has 0 aliphatic carbocycles. The maximum atomic E-state index is 12.9. The van der Waals surface area contributed by atoms with Gasteiger partial charge >= 0.3 is 18.3 Å². The summed E-state index contributed by atoms with van der Waals surface area (Å²) in [6.07, 6.45) is -11.0. The Balaban J connectivity index is 3.09. The van der Waals surface area contributed by atoms with Crippen molar-refractivity contribution in [3.8, 4) is 6.07 Å². The van der Waals surface area contributed by atoms with E-state index in [0.717, 1.165) is 7.11 Å². The molecule has 0 aliphatic heterocycles. The molecule has 0 aliphatic rings. The highest BCUT2D eigenvalue weighted by molar-refractivity contribution is 5.85. The van der Waals surface area contributed by atoms with E-state index in [1.54, 1.807) is 0 Å². The van der Waals surface area contributed by atoms with E-state index in [4.69, 9.17) is 5.26 Å². The average Bonchev–Trinajstić information content (AvgIpc) is 2.58. The number of nitriles is 1. The van der Waals surface area contributed by atoms with Crippen molar-refractivity contribution in [2.45, 2.75) is 38.2 Å². The van der Waals surface area contributed by atoms with Crippen LogP contribution in [0.3, 0.4) is 0 Å². The Morgan fingerprint density at radius 1 is 1.11 bits per heavy atom. The SMILES string of the molecule is COC(=O)[C@H](C[C@@H](C)C#N)NC(=O)Cc1cc(C(F)(F)F)cc(C(F)(F)F)c1. The second-order valence-electron chi connectivity index (χ2n) is 6.00. The van der Waals surface area contributed by atoms with Gasteiger partial charge in [0.2, 0.25) is 5.91 Å². The molecule has 0 fully saturated rings. The first-order valence-corrected chi connectivity index (χ1v) is 7.83. The van der Waals surface area contributed by atoms with Gasteiger partial charge in [0.25, 0.3) is 0 Å². The summed E-state index contributed by atoms with van der Waals surface area (Å²) < 4.78 is 81.6. The minimum atomic E-state index is -5.04. The highest BCUT2D eigenvalue weighted by atomic mass is 19.4. The van der Waals surface area contributed by atoms with Gasteiger partial charge in [-0.15, -0.1) is 0 Å². The Hall–Kier alpha value is -2.77. The standard InChI is InChI=1S/C17H16F6N2O3/c1-9(8-24)3-13(15(27)28-2)25-14(26)6-10-4-11(16(18,19)20)7-12(5-10)17(21,22)23/h4-5,7,9,13H,3,6H2,1-2H3,(H,25,26)/t9-,13+/m1/s1. The van der Waals surface area contributed by atoms with E-state index in [-0.39, 0.29) is 12.5 Å². The number of esters is 1. The van der Waals surface area contributed by atoms with Gasteiger partial charge in [-0.3, -0.25) is 4.79 Å². The molecule has 0 heterocycles. The van der Waals surface area contributed by atoms with Crippen molar-refractivity contribution in [2.24, 2.45) is 5.92 Å². The molecule has 1 amide bonds. The zero-order valence-electron chi connectivity index (χ0n) is 14.7. The van der Waals surface area contributed by atoms with E-state index in [2.05, 4.69) is 10.1 Å². The molecule has 0 bridgehead atoms. The quantitative estimate of drug-likeness (QED) is 0.575. The average molecular weight is 410 g/mol. The number of alkyl halides is 6.